The van der Waals surface area contributed by atoms with Gasteiger partial charge in [-0.05, 0) is 18.8 Å². The van der Waals surface area contributed by atoms with Crippen LogP contribution in [-0.4, -0.2) is 50.2 Å². The molecule has 1 aliphatic rings. The van der Waals surface area contributed by atoms with Gasteiger partial charge >= 0.3 is 0 Å². The van der Waals surface area contributed by atoms with Crippen molar-refractivity contribution in [2.75, 3.05) is 31.0 Å². The molecule has 0 unspecified atom stereocenters. The van der Waals surface area contributed by atoms with Crippen molar-refractivity contribution in [1.29, 1.82) is 0 Å². The Balaban J connectivity index is 2.43. The average molecular weight is 254 g/mol. The van der Waals surface area contributed by atoms with Crippen molar-refractivity contribution < 1.29 is 13.2 Å². The Morgan fingerprint density at radius 2 is 1.93 bits per heavy atom. The second kappa shape index (κ2) is 5.16. The third-order valence-corrected chi connectivity index (χ3v) is 3.78. The van der Waals surface area contributed by atoms with Crippen molar-refractivity contribution in [3.8, 4) is 0 Å². The number of alkyl halides is 1. The van der Waals surface area contributed by atoms with Gasteiger partial charge in [-0.25, -0.2) is 8.42 Å². The van der Waals surface area contributed by atoms with E-state index in [9.17, 15) is 13.2 Å². The van der Waals surface area contributed by atoms with Crippen LogP contribution in [0, 0.1) is 5.92 Å². The Morgan fingerprint density at radius 3 is 2.33 bits per heavy atom. The van der Waals surface area contributed by atoms with E-state index < -0.39 is 9.84 Å². The summed E-state index contributed by atoms with van der Waals surface area (Å²) in [6.07, 6.45) is 2.83. The van der Waals surface area contributed by atoms with Crippen LogP contribution < -0.4 is 0 Å². The molecule has 1 aliphatic heterocycles. The Kier molecular flexibility index (Phi) is 4.40. The number of amides is 1. The van der Waals surface area contributed by atoms with E-state index in [4.69, 9.17) is 11.6 Å². The minimum absolute atomic E-state index is 0.287. The number of hydrogen-bond acceptors (Lipinski definition) is 3. The predicted octanol–water partition coefficient (Wildman–Crippen LogP) is 0.508. The fourth-order valence-corrected chi connectivity index (χ4v) is 2.59. The number of nitrogens with zero attached hydrogens (tertiary/aromatic N) is 1. The van der Waals surface area contributed by atoms with Gasteiger partial charge in [0.05, 0.1) is 0 Å². The molecule has 0 atom stereocenters. The van der Waals surface area contributed by atoms with Gasteiger partial charge in [-0.1, -0.05) is 0 Å². The molecule has 0 aromatic carbocycles. The zero-order chi connectivity index (χ0) is 11.5. The average Bonchev–Trinajstić information content (AvgIpc) is 2.15. The summed E-state index contributed by atoms with van der Waals surface area (Å²) in [4.78, 5) is 13.1. The summed E-state index contributed by atoms with van der Waals surface area (Å²) in [5, 5.41) is 0. The van der Waals surface area contributed by atoms with E-state index in [0.29, 0.717) is 24.9 Å². The lowest BCUT2D eigenvalue weighted by Crippen LogP contribution is -2.41. The zero-order valence-electron chi connectivity index (χ0n) is 8.78. The lowest BCUT2D eigenvalue weighted by molar-refractivity contribution is -0.129. The minimum Gasteiger partial charge on any atom is -0.342 e. The smallest absolute Gasteiger partial charge is 0.237 e. The Hall–Kier alpha value is -0.290. The fraction of sp³-hybridized carbons (Fsp3) is 0.889. The van der Waals surface area contributed by atoms with Gasteiger partial charge in [0, 0.05) is 25.2 Å². The van der Waals surface area contributed by atoms with E-state index in [1.54, 1.807) is 4.90 Å². The topological polar surface area (TPSA) is 54.5 Å². The molecule has 15 heavy (non-hydrogen) atoms. The van der Waals surface area contributed by atoms with E-state index in [1.807, 2.05) is 0 Å². The molecule has 1 rings (SSSR count). The predicted molar refractivity (Wildman–Crippen MR) is 59.7 cm³/mol. The minimum atomic E-state index is -3.21. The highest BCUT2D eigenvalue weighted by molar-refractivity contribution is 7.91. The van der Waals surface area contributed by atoms with Crippen LogP contribution in [0.25, 0.3) is 0 Å². The van der Waals surface area contributed by atoms with E-state index >= 15 is 0 Å². The maximum Gasteiger partial charge on any atom is 0.237 e. The number of carbonyl (C=O) groups is 1. The molecule has 1 amide bonds. The normalized spacial score (nSPS) is 19.2. The molecule has 0 N–H and O–H groups in total. The number of carbonyl (C=O) groups excluding carboxylic acids is 1. The van der Waals surface area contributed by atoms with Crippen molar-refractivity contribution in [3.05, 3.63) is 0 Å². The Labute approximate surface area is 95.5 Å². The number of sulfone groups is 1. The lowest BCUT2D eigenvalue weighted by atomic mass is 9.99. The van der Waals surface area contributed by atoms with Gasteiger partial charge < -0.3 is 4.90 Å². The second-order valence-electron chi connectivity index (χ2n) is 4.05. The van der Waals surface area contributed by atoms with Crippen LogP contribution in [0.5, 0.6) is 0 Å². The van der Waals surface area contributed by atoms with Crippen LogP contribution in [0.15, 0.2) is 0 Å². The summed E-state index contributed by atoms with van der Waals surface area (Å²) < 4.78 is 21.9. The van der Waals surface area contributed by atoms with Crippen LogP contribution in [-0.2, 0) is 14.6 Å². The molecule has 88 valence electrons. The Morgan fingerprint density at radius 1 is 1.40 bits per heavy atom. The van der Waals surface area contributed by atoms with Gasteiger partial charge in [0.1, 0.15) is 5.75 Å². The van der Waals surface area contributed by atoms with Crippen molar-refractivity contribution >= 4 is 27.3 Å². The van der Waals surface area contributed by atoms with Gasteiger partial charge in [-0.2, -0.15) is 0 Å². The Bertz CT molecular complexity index is 320. The molecule has 0 aliphatic carbocycles. The van der Waals surface area contributed by atoms with E-state index in [-0.39, 0.29) is 11.7 Å². The molecule has 0 aromatic rings. The van der Waals surface area contributed by atoms with Crippen LogP contribution in [0.3, 0.4) is 0 Å². The fourth-order valence-electron chi connectivity index (χ4n) is 1.65. The molecule has 1 fully saturated rings. The molecule has 4 nitrogen and oxygen atoms in total. The molecule has 0 aromatic heterocycles. The standard InChI is InChI=1S/C9H16ClNO3S/c1-15(13,14)7-9(12)11-4-2-8(6-10)3-5-11/h8H,2-7H2,1H3. The number of piperidine rings is 1. The van der Waals surface area contributed by atoms with Crippen LogP contribution in [0.4, 0.5) is 0 Å². The highest BCUT2D eigenvalue weighted by atomic mass is 35.5. The molecular formula is C9H16ClNO3S. The molecule has 0 spiro atoms. The van der Waals surface area contributed by atoms with Gasteiger partial charge in [0.15, 0.2) is 9.84 Å². The van der Waals surface area contributed by atoms with Gasteiger partial charge in [0.2, 0.25) is 5.91 Å². The van der Waals surface area contributed by atoms with Crippen molar-refractivity contribution in [2.24, 2.45) is 5.92 Å². The maximum atomic E-state index is 11.5. The lowest BCUT2D eigenvalue weighted by Gasteiger charge is -2.30. The highest BCUT2D eigenvalue weighted by Crippen LogP contribution is 2.18. The number of halogens is 1. The summed E-state index contributed by atoms with van der Waals surface area (Å²) in [5.74, 6) is 0.423. The summed E-state index contributed by atoms with van der Waals surface area (Å²) in [6.45, 7) is 1.26. The summed E-state index contributed by atoms with van der Waals surface area (Å²) >= 11 is 5.71. The van der Waals surface area contributed by atoms with Crippen molar-refractivity contribution in [3.63, 3.8) is 0 Å². The van der Waals surface area contributed by atoms with Crippen molar-refractivity contribution in [1.82, 2.24) is 4.90 Å². The largest absolute Gasteiger partial charge is 0.342 e. The van der Waals surface area contributed by atoms with Crippen LogP contribution in [0.2, 0.25) is 0 Å². The zero-order valence-corrected chi connectivity index (χ0v) is 10.4. The summed E-state index contributed by atoms with van der Waals surface area (Å²) in [6, 6.07) is 0. The summed E-state index contributed by atoms with van der Waals surface area (Å²) in [7, 11) is -3.21. The number of hydrogen-bond donors (Lipinski definition) is 0. The first-order valence-electron chi connectivity index (χ1n) is 4.94. The van der Waals surface area contributed by atoms with Gasteiger partial charge in [-0.15, -0.1) is 11.6 Å². The first-order valence-corrected chi connectivity index (χ1v) is 7.53. The third-order valence-electron chi connectivity index (χ3n) is 2.57. The molecule has 1 heterocycles. The third kappa shape index (κ3) is 4.38. The monoisotopic (exact) mass is 253 g/mol. The molecule has 0 saturated carbocycles. The van der Waals surface area contributed by atoms with E-state index in [1.165, 1.54) is 0 Å². The second-order valence-corrected chi connectivity index (χ2v) is 6.50. The molecule has 0 radical (unpaired) electrons. The number of rotatable bonds is 3. The number of likely N-dealkylation sites (tertiary alicyclic amines) is 1. The molecular weight excluding hydrogens is 238 g/mol. The first-order chi connectivity index (χ1) is 6.92. The molecule has 6 heteroatoms. The van der Waals surface area contributed by atoms with Crippen LogP contribution >= 0.6 is 11.6 Å². The van der Waals surface area contributed by atoms with E-state index in [2.05, 4.69) is 0 Å². The first kappa shape index (κ1) is 12.8. The van der Waals surface area contributed by atoms with Crippen molar-refractivity contribution in [2.45, 2.75) is 12.8 Å². The molecule has 0 bridgehead atoms. The van der Waals surface area contributed by atoms with Gasteiger partial charge in [0.25, 0.3) is 0 Å². The highest BCUT2D eigenvalue weighted by Gasteiger charge is 2.24. The quantitative estimate of drug-likeness (QED) is 0.689. The van der Waals surface area contributed by atoms with E-state index in [0.717, 1.165) is 19.1 Å². The summed E-state index contributed by atoms with van der Waals surface area (Å²) in [5.41, 5.74) is 0. The van der Waals surface area contributed by atoms with Crippen LogP contribution in [0.1, 0.15) is 12.8 Å². The SMILES string of the molecule is CS(=O)(=O)CC(=O)N1CCC(CCl)CC1. The molecule has 1 saturated heterocycles. The van der Waals surface area contributed by atoms with Gasteiger partial charge in [-0.3, -0.25) is 4.79 Å². The maximum absolute atomic E-state index is 11.5.